The molecular weight excluding hydrogens is 718 g/mol. The SMILES string of the molecule is CC(=O)OC[C@]12[C@H](OC(C)=O)[C@H](OC(C)=O)[C@@H]3[C@@H](OC(C)=O)[C@@]14O[C@@]3(C)COC(=O)c1ncccc1C(C)C(C)C(=O)O[C@@H]([C@H](O)[C@@H]2OC(C)=O)[C@]4(C)O. The Morgan fingerprint density at radius 2 is 1.43 bits per heavy atom. The van der Waals surface area contributed by atoms with E-state index in [-0.39, 0.29) is 11.3 Å². The lowest BCUT2D eigenvalue weighted by Gasteiger charge is -2.67. The molecule has 2 aliphatic heterocycles. The minimum atomic E-state index is -2.77. The molecule has 4 bridgehead atoms. The second kappa shape index (κ2) is 14.2. The number of hydrogen-bond acceptors (Lipinski definition) is 18. The molecule has 1 spiro atoms. The molecule has 2 N–H and O–H groups in total. The topological polar surface area (TPSA) is 247 Å². The standard InChI is InChI=1S/C36H45NO17/c1-15-16(2)31(44)53-28-25(43)29(51-20(6)41)35(14-47-17(3)38)30(52-21(7)42)26(49-18(4)39)23-27(50-19(5)40)36(35,34(28,9)46)54-33(23,8)13-48-32(45)24-22(15)11-10-12-37-24/h10-12,15-16,23,25-30,43,46H,13-14H2,1-9H3/t15?,16?,23-,25+,26-,27-,28+,29+,30-,33+,34+,35+,36+/m1/s1. The van der Waals surface area contributed by atoms with Gasteiger partial charge in [-0.25, -0.2) is 9.78 Å². The maximum atomic E-state index is 14.1. The fourth-order valence-electron chi connectivity index (χ4n) is 8.99. The van der Waals surface area contributed by atoms with Gasteiger partial charge in [0.15, 0.2) is 23.5 Å². The molecule has 4 aliphatic rings. The fraction of sp³-hybridized carbons (Fsp3) is 0.667. The van der Waals surface area contributed by atoms with E-state index in [4.69, 9.17) is 37.9 Å². The normalized spacial score (nSPS) is 39.8. The number of aliphatic hydroxyl groups is 2. The van der Waals surface area contributed by atoms with Gasteiger partial charge >= 0.3 is 41.8 Å². The number of fused-ring (bicyclic) bond motifs is 5. The maximum Gasteiger partial charge on any atom is 0.357 e. The lowest BCUT2D eigenvalue weighted by Crippen LogP contribution is -2.89. The minimum Gasteiger partial charge on any atom is -0.465 e. The van der Waals surface area contributed by atoms with Gasteiger partial charge in [-0.1, -0.05) is 19.9 Å². The van der Waals surface area contributed by atoms with Crippen molar-refractivity contribution < 1.29 is 81.7 Å². The quantitative estimate of drug-likeness (QED) is 0.295. The van der Waals surface area contributed by atoms with Crippen LogP contribution in [-0.4, -0.2) is 124 Å². The van der Waals surface area contributed by atoms with E-state index in [1.165, 1.54) is 20.0 Å². The van der Waals surface area contributed by atoms with E-state index >= 15 is 0 Å². The zero-order valence-corrected chi connectivity index (χ0v) is 31.3. The summed E-state index contributed by atoms with van der Waals surface area (Å²) < 4.78 is 47.8. The van der Waals surface area contributed by atoms with Crippen molar-refractivity contribution in [3.63, 3.8) is 0 Å². The number of rotatable bonds is 6. The van der Waals surface area contributed by atoms with Gasteiger partial charge < -0.3 is 48.1 Å². The summed E-state index contributed by atoms with van der Waals surface area (Å²) in [6.07, 6.45) is -10.7. The van der Waals surface area contributed by atoms with Crippen LogP contribution in [0.25, 0.3) is 0 Å². The predicted octanol–water partition coefficient (Wildman–Crippen LogP) is 0.463. The van der Waals surface area contributed by atoms with Crippen LogP contribution >= 0.6 is 0 Å². The van der Waals surface area contributed by atoms with Crippen LogP contribution in [0.5, 0.6) is 0 Å². The van der Waals surface area contributed by atoms with Crippen molar-refractivity contribution in [1.29, 1.82) is 0 Å². The van der Waals surface area contributed by atoms with Gasteiger partial charge in [0, 0.05) is 40.8 Å². The number of aromatic nitrogens is 1. The number of cyclic esters (lactones) is 1. The van der Waals surface area contributed by atoms with Crippen molar-refractivity contribution in [2.24, 2.45) is 17.3 Å². The van der Waals surface area contributed by atoms with Gasteiger partial charge in [-0.3, -0.25) is 28.8 Å². The molecule has 0 aromatic carbocycles. The van der Waals surface area contributed by atoms with Crippen molar-refractivity contribution in [1.82, 2.24) is 4.98 Å². The predicted molar refractivity (Wildman–Crippen MR) is 176 cm³/mol. The molecular formula is C36H45NO17. The van der Waals surface area contributed by atoms with Gasteiger partial charge in [-0.15, -0.1) is 0 Å². The molecule has 1 saturated heterocycles. The highest BCUT2D eigenvalue weighted by Gasteiger charge is 2.91. The Morgan fingerprint density at radius 1 is 0.852 bits per heavy atom. The van der Waals surface area contributed by atoms with Crippen LogP contribution in [0, 0.1) is 17.3 Å². The minimum absolute atomic E-state index is 0.165. The second-order valence-electron chi connectivity index (χ2n) is 14.8. The van der Waals surface area contributed by atoms with Gasteiger partial charge in [-0.2, -0.15) is 0 Å². The molecule has 2 unspecified atom stereocenters. The number of hydrogen-bond donors (Lipinski definition) is 2. The monoisotopic (exact) mass is 763 g/mol. The number of carbonyl (C=O) groups is 7. The number of esters is 7. The first-order chi connectivity index (χ1) is 25.1. The average molecular weight is 764 g/mol. The molecule has 18 heteroatoms. The summed E-state index contributed by atoms with van der Waals surface area (Å²) in [5.74, 6) is -10.4. The van der Waals surface area contributed by atoms with Gasteiger partial charge in [-0.05, 0) is 31.4 Å². The van der Waals surface area contributed by atoms with E-state index in [0.29, 0.717) is 0 Å². The Morgan fingerprint density at radius 3 is 2.00 bits per heavy atom. The third-order valence-electron chi connectivity index (χ3n) is 11.2. The summed E-state index contributed by atoms with van der Waals surface area (Å²) in [7, 11) is 0. The van der Waals surface area contributed by atoms with Crippen molar-refractivity contribution >= 4 is 41.8 Å². The Balaban J connectivity index is 1.96. The smallest absolute Gasteiger partial charge is 0.357 e. The Kier molecular flexibility index (Phi) is 10.6. The van der Waals surface area contributed by atoms with Crippen LogP contribution in [-0.2, 0) is 66.7 Å². The van der Waals surface area contributed by atoms with Crippen LogP contribution in [0.3, 0.4) is 0 Å². The fourth-order valence-corrected chi connectivity index (χ4v) is 8.99. The summed E-state index contributed by atoms with van der Waals surface area (Å²) in [4.78, 5) is 96.9. The molecule has 18 nitrogen and oxygen atoms in total. The number of aliphatic hydroxyl groups excluding tert-OH is 1. The van der Waals surface area contributed by atoms with Crippen molar-refractivity contribution in [2.75, 3.05) is 13.2 Å². The van der Waals surface area contributed by atoms with E-state index in [2.05, 4.69) is 4.98 Å². The first-order valence-corrected chi connectivity index (χ1v) is 17.3. The lowest BCUT2D eigenvalue weighted by atomic mass is 9.45. The third-order valence-corrected chi connectivity index (χ3v) is 11.2. The summed E-state index contributed by atoms with van der Waals surface area (Å²) in [6, 6.07) is 3.10. The highest BCUT2D eigenvalue weighted by molar-refractivity contribution is 5.89. The van der Waals surface area contributed by atoms with E-state index < -0.39 is 132 Å². The highest BCUT2D eigenvalue weighted by Crippen LogP contribution is 2.70. The van der Waals surface area contributed by atoms with E-state index in [9.17, 15) is 43.8 Å². The highest BCUT2D eigenvalue weighted by atomic mass is 16.7. The van der Waals surface area contributed by atoms with Crippen molar-refractivity contribution in [3.8, 4) is 0 Å². The second-order valence-corrected chi connectivity index (χ2v) is 14.8. The molecule has 0 radical (unpaired) electrons. The van der Waals surface area contributed by atoms with Crippen LogP contribution in [0.15, 0.2) is 18.3 Å². The van der Waals surface area contributed by atoms with Crippen molar-refractivity contribution in [3.05, 3.63) is 29.6 Å². The molecule has 3 heterocycles. The molecule has 1 aromatic rings. The summed E-state index contributed by atoms with van der Waals surface area (Å²) >= 11 is 0. The maximum absolute atomic E-state index is 14.1. The molecule has 5 rings (SSSR count). The number of carbonyl (C=O) groups excluding carboxylic acids is 7. The van der Waals surface area contributed by atoms with Gasteiger partial charge in [0.25, 0.3) is 0 Å². The Labute approximate surface area is 310 Å². The number of pyridine rings is 1. The zero-order chi connectivity index (χ0) is 40.3. The molecule has 2 saturated carbocycles. The largest absolute Gasteiger partial charge is 0.465 e. The number of ether oxygens (including phenoxy) is 8. The summed E-state index contributed by atoms with van der Waals surface area (Å²) in [5, 5.41) is 25.4. The molecule has 54 heavy (non-hydrogen) atoms. The lowest BCUT2D eigenvalue weighted by molar-refractivity contribution is -0.386. The van der Waals surface area contributed by atoms with Gasteiger partial charge in [0.05, 0.1) is 11.8 Å². The summed E-state index contributed by atoms with van der Waals surface area (Å²) in [5.41, 5.74) is -9.91. The van der Waals surface area contributed by atoms with Crippen molar-refractivity contribution in [2.45, 2.75) is 122 Å². The molecule has 13 atom stereocenters. The number of nitrogens with zero attached hydrogens (tertiary/aromatic N) is 1. The van der Waals surface area contributed by atoms with Crippen LogP contribution in [0.1, 0.15) is 84.3 Å². The first-order valence-electron chi connectivity index (χ1n) is 17.3. The molecule has 2 aliphatic carbocycles. The van der Waals surface area contributed by atoms with Crippen LogP contribution in [0.2, 0.25) is 0 Å². The molecule has 3 fully saturated rings. The Bertz CT molecular complexity index is 1740. The molecule has 0 amide bonds. The van der Waals surface area contributed by atoms with Gasteiger partial charge in [0.2, 0.25) is 0 Å². The average Bonchev–Trinajstić information content (AvgIpc) is 3.29. The van der Waals surface area contributed by atoms with E-state index in [0.717, 1.165) is 41.5 Å². The first kappa shape index (κ1) is 40.5. The van der Waals surface area contributed by atoms with Gasteiger partial charge in [0.1, 0.15) is 54.2 Å². The van der Waals surface area contributed by atoms with E-state index in [1.54, 1.807) is 19.1 Å². The third kappa shape index (κ3) is 6.17. The molecule has 1 aromatic heterocycles. The summed E-state index contributed by atoms with van der Waals surface area (Å²) in [6.45, 7) is 8.80. The molecule has 296 valence electrons. The Hall–Kier alpha value is -4.68. The van der Waals surface area contributed by atoms with E-state index in [1.807, 2.05) is 0 Å². The van der Waals surface area contributed by atoms with Crippen LogP contribution in [0.4, 0.5) is 0 Å². The zero-order valence-electron chi connectivity index (χ0n) is 31.3. The van der Waals surface area contributed by atoms with Crippen LogP contribution < -0.4 is 0 Å².